The van der Waals surface area contributed by atoms with Gasteiger partial charge in [0.05, 0.1) is 5.41 Å². The van der Waals surface area contributed by atoms with Crippen LogP contribution in [0.2, 0.25) is 0 Å². The number of hydrogen-bond donors (Lipinski definition) is 1. The second kappa shape index (κ2) is 9.93. The first-order valence-electron chi connectivity index (χ1n) is 7.98. The first-order valence-corrected chi connectivity index (χ1v) is 7.98. The maximum absolute atomic E-state index is 12.9. The van der Waals surface area contributed by atoms with E-state index >= 15 is 0 Å². The first-order chi connectivity index (χ1) is 9.66. The Hall–Kier alpha value is -0.0700. The molecule has 1 atom stereocenters. The monoisotopic (exact) mass is 355 g/mol. The summed E-state index contributed by atoms with van der Waals surface area (Å²) in [7, 11) is 0. The second-order valence-corrected chi connectivity index (χ2v) is 6.01. The fourth-order valence-electron chi connectivity index (χ4n) is 3.57. The summed E-state index contributed by atoms with van der Waals surface area (Å²) in [4.78, 5) is 17.4. The molecule has 2 N–H and O–H groups in total. The van der Waals surface area contributed by atoms with Gasteiger partial charge in [-0.05, 0) is 32.4 Å². The number of nitrogens with two attached hydrogens (primary N) is 1. The summed E-state index contributed by atoms with van der Waals surface area (Å²) < 4.78 is 5.40. The van der Waals surface area contributed by atoms with E-state index in [1.165, 1.54) is 0 Å². The molecule has 2 aliphatic heterocycles. The molecule has 0 radical (unpaired) electrons. The zero-order valence-electron chi connectivity index (χ0n) is 13.8. The fourth-order valence-corrected chi connectivity index (χ4v) is 3.57. The van der Waals surface area contributed by atoms with Gasteiger partial charge in [-0.1, -0.05) is 13.8 Å². The third-order valence-electron chi connectivity index (χ3n) is 5.07. The van der Waals surface area contributed by atoms with E-state index < -0.39 is 0 Å². The molecule has 0 aromatic rings. The Morgan fingerprint density at radius 2 is 1.86 bits per heavy atom. The van der Waals surface area contributed by atoms with Gasteiger partial charge in [-0.25, -0.2) is 0 Å². The highest BCUT2D eigenvalue weighted by Gasteiger charge is 2.43. The Kier molecular flexibility index (Phi) is 9.90. The number of halogens is 2. The lowest BCUT2D eigenvalue weighted by Crippen LogP contribution is -2.51. The number of hydrogen-bond acceptors (Lipinski definition) is 4. The van der Waals surface area contributed by atoms with Gasteiger partial charge in [0.15, 0.2) is 0 Å². The van der Waals surface area contributed by atoms with E-state index in [0.717, 1.165) is 45.4 Å². The van der Waals surface area contributed by atoms with Crippen LogP contribution in [0.4, 0.5) is 0 Å². The SMILES string of the molecule is CCN(CC)C1CCN(C(=O)C2(CN)CCOCC2)C1.Cl.Cl. The Bertz CT molecular complexity index is 335. The van der Waals surface area contributed by atoms with Crippen LogP contribution in [-0.4, -0.2) is 67.7 Å². The second-order valence-electron chi connectivity index (χ2n) is 6.01. The number of ether oxygens (including phenoxy) is 1. The molecule has 0 saturated carbocycles. The van der Waals surface area contributed by atoms with E-state index in [2.05, 4.69) is 18.7 Å². The lowest BCUT2D eigenvalue weighted by atomic mass is 9.79. The summed E-state index contributed by atoms with van der Waals surface area (Å²) in [5, 5.41) is 0. The Morgan fingerprint density at radius 1 is 1.27 bits per heavy atom. The summed E-state index contributed by atoms with van der Waals surface area (Å²) in [6.07, 6.45) is 2.63. The van der Waals surface area contributed by atoms with E-state index in [1.54, 1.807) is 0 Å². The van der Waals surface area contributed by atoms with Gasteiger partial charge in [0, 0.05) is 38.9 Å². The van der Waals surface area contributed by atoms with Crippen LogP contribution in [0.25, 0.3) is 0 Å². The van der Waals surface area contributed by atoms with Crippen LogP contribution < -0.4 is 5.73 Å². The average Bonchev–Trinajstić information content (AvgIpc) is 2.98. The van der Waals surface area contributed by atoms with Gasteiger partial charge in [-0.15, -0.1) is 24.8 Å². The molecule has 2 aliphatic rings. The van der Waals surface area contributed by atoms with Gasteiger partial charge in [-0.2, -0.15) is 0 Å². The molecule has 0 bridgehead atoms. The van der Waals surface area contributed by atoms with Gasteiger partial charge >= 0.3 is 0 Å². The molecule has 7 heteroatoms. The minimum atomic E-state index is -0.365. The quantitative estimate of drug-likeness (QED) is 0.812. The van der Waals surface area contributed by atoms with Crippen molar-refractivity contribution in [1.82, 2.24) is 9.80 Å². The molecule has 0 aliphatic carbocycles. The third kappa shape index (κ3) is 4.48. The summed E-state index contributed by atoms with van der Waals surface area (Å²) in [6, 6.07) is 0.517. The highest BCUT2D eigenvalue weighted by molar-refractivity contribution is 5.85. The van der Waals surface area contributed by atoms with Crippen molar-refractivity contribution in [2.75, 3.05) is 45.9 Å². The lowest BCUT2D eigenvalue weighted by Gasteiger charge is -2.38. The first kappa shape index (κ1) is 21.9. The van der Waals surface area contributed by atoms with Crippen molar-refractivity contribution in [2.24, 2.45) is 11.1 Å². The van der Waals surface area contributed by atoms with Crippen molar-refractivity contribution < 1.29 is 9.53 Å². The Labute approximate surface area is 146 Å². The standard InChI is InChI=1S/C15H29N3O2.2ClH/c1-3-17(4-2)13-5-8-18(11-13)14(19)15(12-16)6-9-20-10-7-15;;/h13H,3-12,16H2,1-2H3;2*1H. The van der Waals surface area contributed by atoms with Crippen molar-refractivity contribution in [1.29, 1.82) is 0 Å². The summed E-state index contributed by atoms with van der Waals surface area (Å²) in [6.45, 7) is 10.00. The summed E-state index contributed by atoms with van der Waals surface area (Å²) in [5.74, 6) is 0.262. The van der Waals surface area contributed by atoms with Crippen molar-refractivity contribution in [3.8, 4) is 0 Å². The normalized spacial score (nSPS) is 23.8. The zero-order chi connectivity index (χ0) is 14.6. The van der Waals surface area contributed by atoms with Crippen molar-refractivity contribution in [3.05, 3.63) is 0 Å². The van der Waals surface area contributed by atoms with Gasteiger partial charge in [0.2, 0.25) is 5.91 Å². The largest absolute Gasteiger partial charge is 0.381 e. The number of nitrogens with zero attached hydrogens (tertiary/aromatic N) is 2. The zero-order valence-corrected chi connectivity index (χ0v) is 15.4. The summed E-state index contributed by atoms with van der Waals surface area (Å²) >= 11 is 0. The summed E-state index contributed by atoms with van der Waals surface area (Å²) in [5.41, 5.74) is 5.58. The van der Waals surface area contributed by atoms with E-state index in [9.17, 15) is 4.79 Å². The molecular formula is C15H31Cl2N3O2. The minimum absolute atomic E-state index is 0. The van der Waals surface area contributed by atoms with E-state index in [1.807, 2.05) is 4.90 Å². The fraction of sp³-hybridized carbons (Fsp3) is 0.933. The molecule has 0 spiro atoms. The van der Waals surface area contributed by atoms with Gasteiger partial charge < -0.3 is 15.4 Å². The molecule has 0 aromatic heterocycles. The number of amides is 1. The Morgan fingerprint density at radius 3 is 2.36 bits per heavy atom. The number of likely N-dealkylation sites (tertiary alicyclic amines) is 1. The number of carbonyl (C=O) groups is 1. The Balaban J connectivity index is 0.00000220. The van der Waals surface area contributed by atoms with Gasteiger partial charge in [0.1, 0.15) is 0 Å². The number of rotatable bonds is 5. The molecular weight excluding hydrogens is 325 g/mol. The van der Waals surface area contributed by atoms with Crippen LogP contribution in [0.1, 0.15) is 33.1 Å². The third-order valence-corrected chi connectivity index (χ3v) is 5.07. The van der Waals surface area contributed by atoms with Gasteiger partial charge in [0.25, 0.3) is 0 Å². The molecule has 1 unspecified atom stereocenters. The van der Waals surface area contributed by atoms with Crippen LogP contribution >= 0.6 is 24.8 Å². The molecule has 2 saturated heterocycles. The van der Waals surface area contributed by atoms with Crippen LogP contribution in [0.5, 0.6) is 0 Å². The highest BCUT2D eigenvalue weighted by Crippen LogP contribution is 2.33. The van der Waals surface area contributed by atoms with E-state index in [-0.39, 0.29) is 36.1 Å². The van der Waals surface area contributed by atoms with Crippen molar-refractivity contribution >= 4 is 30.7 Å². The molecule has 2 fully saturated rings. The maximum atomic E-state index is 12.9. The smallest absolute Gasteiger partial charge is 0.230 e. The topological polar surface area (TPSA) is 58.8 Å². The molecule has 5 nitrogen and oxygen atoms in total. The molecule has 22 heavy (non-hydrogen) atoms. The number of carbonyl (C=O) groups excluding carboxylic acids is 1. The predicted molar refractivity (Wildman–Crippen MR) is 93.9 cm³/mol. The molecule has 132 valence electrons. The van der Waals surface area contributed by atoms with Crippen LogP contribution in [-0.2, 0) is 9.53 Å². The van der Waals surface area contributed by atoms with E-state index in [0.29, 0.717) is 25.8 Å². The van der Waals surface area contributed by atoms with Crippen LogP contribution in [0.3, 0.4) is 0 Å². The average molecular weight is 356 g/mol. The minimum Gasteiger partial charge on any atom is -0.381 e. The number of likely N-dealkylation sites (N-methyl/N-ethyl adjacent to an activating group) is 1. The highest BCUT2D eigenvalue weighted by atomic mass is 35.5. The lowest BCUT2D eigenvalue weighted by molar-refractivity contribution is -0.146. The molecule has 2 rings (SSSR count). The van der Waals surface area contributed by atoms with Crippen LogP contribution in [0.15, 0.2) is 0 Å². The molecule has 1 amide bonds. The van der Waals surface area contributed by atoms with E-state index in [4.69, 9.17) is 10.5 Å². The van der Waals surface area contributed by atoms with Crippen molar-refractivity contribution in [2.45, 2.75) is 39.2 Å². The maximum Gasteiger partial charge on any atom is 0.230 e. The molecule has 0 aromatic carbocycles. The van der Waals surface area contributed by atoms with Crippen LogP contribution in [0, 0.1) is 5.41 Å². The predicted octanol–water partition coefficient (Wildman–Crippen LogP) is 1.53. The van der Waals surface area contributed by atoms with Crippen molar-refractivity contribution in [3.63, 3.8) is 0 Å². The van der Waals surface area contributed by atoms with Gasteiger partial charge in [-0.3, -0.25) is 9.69 Å². The molecule has 2 heterocycles.